The van der Waals surface area contributed by atoms with E-state index in [2.05, 4.69) is 0 Å². The lowest BCUT2D eigenvalue weighted by Gasteiger charge is -2.07. The van der Waals surface area contributed by atoms with Gasteiger partial charge in [-0.25, -0.2) is 0 Å². The molecule has 0 saturated heterocycles. The molecule has 0 aliphatic carbocycles. The number of benzene rings is 2. The Morgan fingerprint density at radius 2 is 1.81 bits per heavy atom. The molecule has 0 aromatic heterocycles. The second-order valence-electron chi connectivity index (χ2n) is 4.81. The Morgan fingerprint density at radius 3 is 2.43 bits per heavy atom. The van der Waals surface area contributed by atoms with Crippen molar-refractivity contribution in [2.75, 3.05) is 5.75 Å². The third kappa shape index (κ3) is 3.94. The normalized spacial score (nSPS) is 12.2. The minimum Gasteiger partial charge on any atom is -0.293 e. The number of Topliss-reactive ketones (excluding diaryl/α,β-unsaturated/α-hetero) is 1. The number of carbonyl (C=O) groups is 1. The zero-order valence-electron chi connectivity index (χ0n) is 11.7. The fourth-order valence-corrected chi connectivity index (χ4v) is 3.75. The maximum Gasteiger partial charge on any atom is 0.177 e. The van der Waals surface area contributed by atoms with E-state index in [1.54, 1.807) is 18.2 Å². The average molecular weight is 341 g/mol. The van der Waals surface area contributed by atoms with Gasteiger partial charge in [-0.1, -0.05) is 40.9 Å². The number of hydrogen-bond acceptors (Lipinski definition) is 2. The highest BCUT2D eigenvalue weighted by molar-refractivity contribution is 7.85. The molecule has 0 amide bonds. The third-order valence-corrected chi connectivity index (χ3v) is 5.09. The van der Waals surface area contributed by atoms with E-state index in [9.17, 15) is 9.00 Å². The molecule has 1 unspecified atom stereocenters. The van der Waals surface area contributed by atoms with Crippen LogP contribution in [0.25, 0.3) is 0 Å². The second-order valence-corrected chi connectivity index (χ2v) is 7.07. The molecule has 2 aromatic carbocycles. The molecule has 0 spiro atoms. The van der Waals surface area contributed by atoms with Crippen molar-refractivity contribution < 1.29 is 9.00 Å². The average Bonchev–Trinajstić information content (AvgIpc) is 2.37. The van der Waals surface area contributed by atoms with E-state index in [0.717, 1.165) is 11.1 Å². The first-order valence-corrected chi connectivity index (χ1v) is 8.40. The zero-order valence-corrected chi connectivity index (χ0v) is 14.0. The van der Waals surface area contributed by atoms with Gasteiger partial charge in [0, 0.05) is 15.5 Å². The van der Waals surface area contributed by atoms with Crippen molar-refractivity contribution in [3.8, 4) is 0 Å². The van der Waals surface area contributed by atoms with Crippen molar-refractivity contribution in [3.63, 3.8) is 0 Å². The highest BCUT2D eigenvalue weighted by Gasteiger charge is 2.16. The van der Waals surface area contributed by atoms with Gasteiger partial charge in [-0.2, -0.15) is 0 Å². The van der Waals surface area contributed by atoms with Gasteiger partial charge < -0.3 is 0 Å². The van der Waals surface area contributed by atoms with Crippen molar-refractivity contribution >= 4 is 39.8 Å². The minimum atomic E-state index is -1.39. The lowest BCUT2D eigenvalue weighted by molar-refractivity contribution is 0.102. The highest BCUT2D eigenvalue weighted by atomic mass is 35.5. The summed E-state index contributed by atoms with van der Waals surface area (Å²) in [4.78, 5) is 12.9. The molecule has 1 atom stereocenters. The summed E-state index contributed by atoms with van der Waals surface area (Å²) in [6.45, 7) is 3.86. The Balaban J connectivity index is 2.21. The number of rotatable bonds is 4. The van der Waals surface area contributed by atoms with Crippen molar-refractivity contribution in [1.82, 2.24) is 0 Å². The number of aryl methyl sites for hydroxylation is 2. The van der Waals surface area contributed by atoms with E-state index in [1.807, 2.05) is 26.0 Å². The standard InChI is InChI=1S/C16H14Cl2O2S/c1-10-3-6-16(11(2)7-10)21(20)9-15(19)13-5-4-12(17)8-14(13)18/h3-8H,9H2,1-2H3. The Bertz CT molecular complexity index is 665. The maximum absolute atomic E-state index is 12.4. The van der Waals surface area contributed by atoms with Gasteiger partial charge in [0.25, 0.3) is 0 Å². The second kappa shape index (κ2) is 6.73. The molecule has 0 fully saturated rings. The molecule has 110 valence electrons. The molecule has 2 aromatic rings. The van der Waals surface area contributed by atoms with Crippen molar-refractivity contribution in [1.29, 1.82) is 0 Å². The van der Waals surface area contributed by atoms with E-state index in [-0.39, 0.29) is 16.6 Å². The van der Waals surface area contributed by atoms with Gasteiger partial charge in [0.05, 0.1) is 21.6 Å². The quantitative estimate of drug-likeness (QED) is 0.762. The third-order valence-electron chi connectivity index (χ3n) is 3.07. The number of hydrogen-bond donors (Lipinski definition) is 0. The molecule has 2 rings (SSSR count). The lowest BCUT2D eigenvalue weighted by Crippen LogP contribution is -2.12. The van der Waals surface area contributed by atoms with Crippen LogP contribution in [0.2, 0.25) is 10.0 Å². The van der Waals surface area contributed by atoms with Crippen LogP contribution in [0.1, 0.15) is 21.5 Å². The first-order chi connectivity index (χ1) is 9.88. The van der Waals surface area contributed by atoms with Crippen LogP contribution >= 0.6 is 23.2 Å². The van der Waals surface area contributed by atoms with E-state index in [0.29, 0.717) is 15.5 Å². The van der Waals surface area contributed by atoms with Crippen molar-refractivity contribution in [2.45, 2.75) is 18.7 Å². The highest BCUT2D eigenvalue weighted by Crippen LogP contribution is 2.22. The van der Waals surface area contributed by atoms with Gasteiger partial charge in [0.15, 0.2) is 5.78 Å². The van der Waals surface area contributed by atoms with E-state index in [1.165, 1.54) is 6.07 Å². The molecular weight excluding hydrogens is 327 g/mol. The van der Waals surface area contributed by atoms with Gasteiger partial charge in [0.1, 0.15) is 0 Å². The molecule has 0 aliphatic heterocycles. The molecule has 5 heteroatoms. The summed E-state index contributed by atoms with van der Waals surface area (Å²) in [7, 11) is -1.39. The summed E-state index contributed by atoms with van der Waals surface area (Å²) in [5.74, 6) is -0.347. The van der Waals surface area contributed by atoms with Crippen LogP contribution in [0.3, 0.4) is 0 Å². The van der Waals surface area contributed by atoms with Crippen LogP contribution in [0.15, 0.2) is 41.3 Å². The topological polar surface area (TPSA) is 34.1 Å². The number of ketones is 1. The van der Waals surface area contributed by atoms with Gasteiger partial charge in [0.2, 0.25) is 0 Å². The SMILES string of the molecule is Cc1ccc(S(=O)CC(=O)c2ccc(Cl)cc2Cl)c(C)c1. The van der Waals surface area contributed by atoms with Crippen LogP contribution in [-0.4, -0.2) is 15.7 Å². The van der Waals surface area contributed by atoms with Gasteiger partial charge in [-0.3, -0.25) is 9.00 Å². The monoisotopic (exact) mass is 340 g/mol. The molecule has 0 bridgehead atoms. The van der Waals surface area contributed by atoms with Crippen LogP contribution < -0.4 is 0 Å². The molecule has 0 saturated carbocycles. The number of carbonyl (C=O) groups excluding carboxylic acids is 1. The molecular formula is C16H14Cl2O2S. The van der Waals surface area contributed by atoms with Gasteiger partial charge in [-0.05, 0) is 43.7 Å². The van der Waals surface area contributed by atoms with Gasteiger partial charge in [-0.15, -0.1) is 0 Å². The molecule has 0 N–H and O–H groups in total. The van der Waals surface area contributed by atoms with Gasteiger partial charge >= 0.3 is 0 Å². The summed E-state index contributed by atoms with van der Waals surface area (Å²) in [5, 5.41) is 0.747. The summed E-state index contributed by atoms with van der Waals surface area (Å²) >= 11 is 11.8. The van der Waals surface area contributed by atoms with Crippen molar-refractivity contribution in [3.05, 3.63) is 63.1 Å². The fourth-order valence-electron chi connectivity index (χ4n) is 2.04. The van der Waals surface area contributed by atoms with E-state index < -0.39 is 10.8 Å². The van der Waals surface area contributed by atoms with Crippen molar-refractivity contribution in [2.24, 2.45) is 0 Å². The summed E-state index contributed by atoms with van der Waals surface area (Å²) in [6.07, 6.45) is 0. The molecule has 0 aliphatic rings. The molecule has 21 heavy (non-hydrogen) atoms. The molecule has 2 nitrogen and oxygen atoms in total. The van der Waals surface area contributed by atoms with Crippen LogP contribution in [0, 0.1) is 13.8 Å². The smallest absolute Gasteiger partial charge is 0.177 e. The Labute approximate surface area is 136 Å². The summed E-state index contributed by atoms with van der Waals surface area (Å²) in [6, 6.07) is 10.3. The lowest BCUT2D eigenvalue weighted by atomic mass is 10.1. The Morgan fingerprint density at radius 1 is 1.10 bits per heavy atom. The minimum absolute atomic E-state index is 0.0920. The van der Waals surface area contributed by atoms with Crippen LogP contribution in [0.5, 0.6) is 0 Å². The summed E-state index contributed by atoms with van der Waals surface area (Å²) < 4.78 is 12.4. The number of halogens is 2. The van der Waals surface area contributed by atoms with E-state index >= 15 is 0 Å². The molecule has 0 heterocycles. The van der Waals surface area contributed by atoms with Crippen LogP contribution in [-0.2, 0) is 10.8 Å². The Hall–Kier alpha value is -1.16. The maximum atomic E-state index is 12.4. The van der Waals surface area contributed by atoms with Crippen LogP contribution in [0.4, 0.5) is 0 Å². The van der Waals surface area contributed by atoms with E-state index in [4.69, 9.17) is 23.2 Å². The largest absolute Gasteiger partial charge is 0.293 e. The first-order valence-electron chi connectivity index (χ1n) is 6.32. The zero-order chi connectivity index (χ0) is 15.6. The summed E-state index contributed by atoms with van der Waals surface area (Å²) in [5.41, 5.74) is 2.36. The predicted octanol–water partition coefficient (Wildman–Crippen LogP) is 4.60. The predicted molar refractivity (Wildman–Crippen MR) is 88.0 cm³/mol. The first kappa shape index (κ1) is 16.2. The fraction of sp³-hybridized carbons (Fsp3) is 0.188. The molecule has 0 radical (unpaired) electrons. The Kier molecular flexibility index (Phi) is 5.20.